The molecule has 7 bridgehead atoms. The molecule has 5 fully saturated rings. The molecule has 14 heteroatoms. The van der Waals surface area contributed by atoms with Crippen LogP contribution < -0.4 is 16.0 Å². The van der Waals surface area contributed by atoms with Crippen molar-refractivity contribution in [3.8, 4) is 0 Å². The third kappa shape index (κ3) is 9.28. The molecule has 1 saturated heterocycles. The number of dihydropyridines is 1. The molecule has 4 saturated carbocycles. The predicted octanol–water partition coefficient (Wildman–Crippen LogP) is 9.16. The van der Waals surface area contributed by atoms with Gasteiger partial charge < -0.3 is 35.6 Å². The maximum atomic E-state index is 15.4. The van der Waals surface area contributed by atoms with Gasteiger partial charge in [0.2, 0.25) is 0 Å². The smallest absolute Gasteiger partial charge is 0.340 e. The van der Waals surface area contributed by atoms with Gasteiger partial charge in [-0.25, -0.2) is 9.59 Å². The number of ether oxygens (including phenoxy) is 2. The zero-order chi connectivity index (χ0) is 48.9. The van der Waals surface area contributed by atoms with E-state index < -0.39 is 17.4 Å². The van der Waals surface area contributed by atoms with E-state index in [-0.39, 0.29) is 71.4 Å². The first-order valence-electron chi connectivity index (χ1n) is 27.7. The van der Waals surface area contributed by atoms with Crippen LogP contribution in [0, 0.1) is 58.2 Å². The summed E-state index contributed by atoms with van der Waals surface area (Å²) >= 11 is 0. The lowest BCUT2D eigenvalue weighted by atomic mass is 9.43. The van der Waals surface area contributed by atoms with Gasteiger partial charge in [0, 0.05) is 61.4 Å². The quantitative estimate of drug-likeness (QED) is 0.0715. The second-order valence-electron chi connectivity index (χ2n) is 23.0. The number of aliphatic hydroxyl groups is 2. The Hall–Kier alpha value is -3.56. The first-order chi connectivity index (χ1) is 34.6. The summed E-state index contributed by atoms with van der Waals surface area (Å²) in [5, 5.41) is 32.6. The normalized spacial score (nSPS) is 36.0. The number of hydrogen-bond donors (Lipinski definition) is 5. The number of hydrogen-bond acceptors (Lipinski definition) is 13. The van der Waals surface area contributed by atoms with Crippen LogP contribution in [0.25, 0.3) is 0 Å². The van der Waals surface area contributed by atoms with Crippen LogP contribution in [-0.2, 0) is 28.7 Å². The number of rotatable bonds is 12. The largest absolute Gasteiger partial charge is 0.427 e. The van der Waals surface area contributed by atoms with Gasteiger partial charge in [-0.3, -0.25) is 14.5 Å². The number of esters is 2. The molecule has 0 aromatic heterocycles. The molecule has 5 N–H and O–H groups in total. The predicted molar refractivity (Wildman–Crippen MR) is 276 cm³/mol. The van der Waals surface area contributed by atoms with Crippen molar-refractivity contribution < 1.29 is 38.9 Å². The summed E-state index contributed by atoms with van der Waals surface area (Å²) in [6, 6.07) is 0. The van der Waals surface area contributed by atoms with Gasteiger partial charge in [0.1, 0.15) is 11.5 Å². The van der Waals surface area contributed by atoms with Crippen LogP contribution in [0.4, 0.5) is 0 Å². The van der Waals surface area contributed by atoms with Gasteiger partial charge >= 0.3 is 11.9 Å². The highest BCUT2D eigenvalue weighted by molar-refractivity contribution is 8.76. The number of carbonyl (C=O) groups is 4. The number of aliphatic hydroxyl groups excluding tert-OH is 2. The molecule has 8 unspecified atom stereocenters. The van der Waals surface area contributed by atoms with E-state index in [2.05, 4.69) is 47.2 Å². The molecule has 5 aliphatic heterocycles. The first-order valence-corrected chi connectivity index (χ1v) is 30.1. The first kappa shape index (κ1) is 49.6. The van der Waals surface area contributed by atoms with E-state index in [9.17, 15) is 24.6 Å². The lowest BCUT2D eigenvalue weighted by Gasteiger charge is -2.57. The van der Waals surface area contributed by atoms with E-state index in [0.29, 0.717) is 67.3 Å². The Bertz CT molecular complexity index is 2330. The van der Waals surface area contributed by atoms with Crippen molar-refractivity contribution in [3.63, 3.8) is 0 Å². The van der Waals surface area contributed by atoms with Crippen molar-refractivity contribution in [2.75, 3.05) is 32.1 Å². The summed E-state index contributed by atoms with van der Waals surface area (Å²) in [5.74, 6) is 2.05. The minimum atomic E-state index is -0.934. The Morgan fingerprint density at radius 2 is 1.69 bits per heavy atom. The monoisotopic (exact) mass is 1010 g/mol. The molecule has 12 nitrogen and oxygen atoms in total. The number of carbonyl (C=O) groups excluding carboxylic acids is 4. The maximum Gasteiger partial charge on any atom is 0.340 e. The molecule has 0 aromatic rings. The molecule has 2 amide bonds. The summed E-state index contributed by atoms with van der Waals surface area (Å²) in [6.07, 6.45) is 32.1. The zero-order valence-electron chi connectivity index (χ0n) is 41.7. The lowest BCUT2D eigenvalue weighted by Crippen LogP contribution is -2.54. The average Bonchev–Trinajstić information content (AvgIpc) is 4.16. The topological polar surface area (TPSA) is 167 Å². The van der Waals surface area contributed by atoms with Gasteiger partial charge in [-0.05, 0) is 160 Å². The van der Waals surface area contributed by atoms with E-state index in [1.807, 2.05) is 10.8 Å². The summed E-state index contributed by atoms with van der Waals surface area (Å²) < 4.78 is 13.3. The van der Waals surface area contributed by atoms with Crippen molar-refractivity contribution in [2.24, 2.45) is 58.2 Å². The van der Waals surface area contributed by atoms with Crippen molar-refractivity contribution in [2.45, 2.75) is 153 Å². The third-order valence-corrected chi connectivity index (χ3v) is 22.1. The number of imide groups is 1. The van der Waals surface area contributed by atoms with Gasteiger partial charge in [-0.1, -0.05) is 79.5 Å². The summed E-state index contributed by atoms with van der Waals surface area (Å²) in [4.78, 5) is 58.4. The average molecular weight is 1010 g/mol. The van der Waals surface area contributed by atoms with Gasteiger partial charge in [0.05, 0.1) is 34.2 Å². The molecule has 1 spiro atoms. The fourth-order valence-corrected chi connectivity index (χ4v) is 18.4. The highest BCUT2D eigenvalue weighted by atomic mass is 33.1. The SMILES string of the molecule is CCC1(C=C2OC(=O)C3=C2CCC2C4CCC5(C6=CCC(C7CCC(CCCO)CC7)C(NCC(O)C7CCCCC7)SSCNC7=CC(=CCN7)C(CN7C(=O)C=CC7=O)C4=C5C(=O)O6)C32)CCCC1. The Morgan fingerprint density at radius 3 is 2.45 bits per heavy atom. The van der Waals surface area contributed by atoms with Gasteiger partial charge in [-0.2, -0.15) is 0 Å². The van der Waals surface area contributed by atoms with Crippen molar-refractivity contribution in [3.05, 3.63) is 81.7 Å². The lowest BCUT2D eigenvalue weighted by molar-refractivity contribution is -0.138. The molecule has 0 aromatic carbocycles. The number of amides is 2. The number of cyclic esters (lactones) is 1. The Balaban J connectivity index is 1.05. The molecule has 384 valence electrons. The van der Waals surface area contributed by atoms with E-state index >= 15 is 4.79 Å². The second-order valence-corrected chi connectivity index (χ2v) is 25.5. The molecule has 5 heterocycles. The van der Waals surface area contributed by atoms with E-state index in [1.54, 1.807) is 10.8 Å². The minimum absolute atomic E-state index is 0.00764. The summed E-state index contributed by atoms with van der Waals surface area (Å²) in [7, 11) is 3.60. The fraction of sp³-hybridized carbons (Fsp3) is 0.684. The number of allylic oxidation sites excluding steroid dienone is 5. The highest BCUT2D eigenvalue weighted by Crippen LogP contribution is 2.72. The Labute approximate surface area is 428 Å². The maximum absolute atomic E-state index is 15.4. The van der Waals surface area contributed by atoms with Gasteiger partial charge in [-0.15, -0.1) is 0 Å². The van der Waals surface area contributed by atoms with Crippen molar-refractivity contribution in [1.82, 2.24) is 20.9 Å². The van der Waals surface area contributed by atoms with Crippen LogP contribution in [0.2, 0.25) is 0 Å². The molecule has 7 aliphatic carbocycles. The summed E-state index contributed by atoms with van der Waals surface area (Å²) in [5.41, 5.74) is 3.36. The molecule has 12 aliphatic rings. The van der Waals surface area contributed by atoms with Gasteiger partial charge in [0.15, 0.2) is 0 Å². The van der Waals surface area contributed by atoms with E-state index in [4.69, 9.17) is 9.47 Å². The zero-order valence-corrected chi connectivity index (χ0v) is 43.4. The standard InChI is InChI=1S/C57H76N4O8S2/c1-2-56(24-6-7-25-56)30-44-41-17-16-40-39-22-26-57(51(40)50(41)54(66)68-44)45-19-18-38(35-14-12-34(13-15-35)9-8-28-62)53(59-31-43(63)36-10-4-3-5-11-36)71-70-33-60-46-29-37(23-27-58-46)42(49(39)52(57)55(67)69-45)32-61-47(64)20-21-48(61)65/h19-21,23,29-30,34-36,38-40,42-43,51,53,58-60,62-63H,2-18,22,24-28,31-33H2,1H3. The van der Waals surface area contributed by atoms with Crippen LogP contribution in [0.1, 0.15) is 142 Å². The van der Waals surface area contributed by atoms with Crippen LogP contribution in [-0.4, -0.2) is 82.5 Å². The van der Waals surface area contributed by atoms with Gasteiger partial charge in [0.25, 0.3) is 11.8 Å². The van der Waals surface area contributed by atoms with Crippen molar-refractivity contribution in [1.29, 1.82) is 0 Å². The fourth-order valence-electron chi connectivity index (χ4n) is 15.9. The molecule has 8 atom stereocenters. The van der Waals surface area contributed by atoms with E-state index in [1.165, 1.54) is 49.2 Å². The summed E-state index contributed by atoms with van der Waals surface area (Å²) in [6.45, 7) is 3.62. The number of nitrogens with zero attached hydrogens (tertiary/aromatic N) is 1. The molecular formula is C57H76N4O8S2. The minimum Gasteiger partial charge on any atom is -0.427 e. The highest BCUT2D eigenvalue weighted by Gasteiger charge is 2.69. The van der Waals surface area contributed by atoms with Crippen LogP contribution in [0.5, 0.6) is 0 Å². The number of fused-ring (bicyclic) bond motifs is 2. The van der Waals surface area contributed by atoms with Crippen LogP contribution in [0.15, 0.2) is 81.7 Å². The third-order valence-electron chi connectivity index (χ3n) is 19.6. The second kappa shape index (κ2) is 21.0. The molecule has 0 radical (unpaired) electrons. The molecular weight excluding hydrogens is 933 g/mol. The van der Waals surface area contributed by atoms with Crippen LogP contribution in [0.3, 0.4) is 0 Å². The Kier molecular flexibility index (Phi) is 14.7. The molecule has 12 rings (SSSR count). The van der Waals surface area contributed by atoms with E-state index in [0.717, 1.165) is 117 Å². The molecule has 71 heavy (non-hydrogen) atoms. The Morgan fingerprint density at radius 1 is 0.901 bits per heavy atom. The van der Waals surface area contributed by atoms with Crippen LogP contribution >= 0.6 is 21.6 Å². The van der Waals surface area contributed by atoms with Crippen molar-refractivity contribution >= 4 is 45.3 Å². The number of nitrogens with one attached hydrogen (secondary N) is 3.